The summed E-state index contributed by atoms with van der Waals surface area (Å²) in [5.41, 5.74) is 2.96. The molecule has 11 heteroatoms. The normalized spacial score (nSPS) is 16.3. The Labute approximate surface area is 253 Å². The van der Waals surface area contributed by atoms with E-state index in [0.29, 0.717) is 17.7 Å². The first-order chi connectivity index (χ1) is 20.3. The number of thioether (sulfide) groups is 2. The topological polar surface area (TPSA) is 45.2 Å². The van der Waals surface area contributed by atoms with Crippen molar-refractivity contribution in [2.45, 2.75) is 48.1 Å². The number of nitrogens with zero attached hydrogens (tertiary/aromatic N) is 1. The molecule has 0 bridgehead atoms. The van der Waals surface area contributed by atoms with Crippen LogP contribution in [0.4, 0.5) is 26.3 Å². The van der Waals surface area contributed by atoms with Crippen LogP contribution >= 0.6 is 23.5 Å². The third-order valence-electron chi connectivity index (χ3n) is 7.00. The molecule has 0 saturated carbocycles. The van der Waals surface area contributed by atoms with Gasteiger partial charge in [-0.2, -0.15) is 26.3 Å². The molecular weight excluding hydrogens is 606 g/mol. The molecule has 2 atom stereocenters. The van der Waals surface area contributed by atoms with E-state index in [0.717, 1.165) is 56.5 Å². The van der Waals surface area contributed by atoms with Crippen LogP contribution in [0, 0.1) is 6.92 Å². The van der Waals surface area contributed by atoms with E-state index in [-0.39, 0.29) is 16.4 Å². The molecule has 3 aromatic carbocycles. The smallest absolute Gasteiger partial charge is 0.416 e. The van der Waals surface area contributed by atoms with E-state index in [1.807, 2.05) is 32.0 Å². The highest BCUT2D eigenvalue weighted by molar-refractivity contribution is 8.06. The van der Waals surface area contributed by atoms with Gasteiger partial charge in [0.05, 0.1) is 16.8 Å². The third-order valence-corrected chi connectivity index (χ3v) is 9.83. The van der Waals surface area contributed by atoms with Gasteiger partial charge >= 0.3 is 12.4 Å². The number of phenols is 1. The van der Waals surface area contributed by atoms with Gasteiger partial charge in [-0.1, -0.05) is 42.1 Å². The van der Waals surface area contributed by atoms with E-state index in [1.54, 1.807) is 41.9 Å². The largest absolute Gasteiger partial charge is 0.508 e. The number of benzene rings is 3. The first-order valence-corrected chi connectivity index (χ1v) is 14.9. The third kappa shape index (κ3) is 7.33. The molecule has 1 aliphatic rings. The second kappa shape index (κ2) is 12.2. The number of aryl methyl sites for hydroxylation is 1. The first kappa shape index (κ1) is 30.9. The minimum Gasteiger partial charge on any atom is -0.508 e. The van der Waals surface area contributed by atoms with Crippen molar-refractivity contribution in [3.8, 4) is 17.0 Å². The summed E-state index contributed by atoms with van der Waals surface area (Å²) in [7, 11) is 0. The fourth-order valence-corrected chi connectivity index (χ4v) is 7.49. The van der Waals surface area contributed by atoms with Crippen LogP contribution in [0.15, 0.2) is 101 Å². The number of alkyl halides is 6. The predicted molar refractivity (Wildman–Crippen MR) is 158 cm³/mol. The van der Waals surface area contributed by atoms with E-state index in [2.05, 4.69) is 10.3 Å². The zero-order chi connectivity index (χ0) is 30.9. The summed E-state index contributed by atoms with van der Waals surface area (Å²) >= 11 is 3.15. The lowest BCUT2D eigenvalue weighted by Crippen LogP contribution is -2.12. The highest BCUT2D eigenvalue weighted by Crippen LogP contribution is 2.47. The van der Waals surface area contributed by atoms with E-state index < -0.39 is 23.5 Å². The monoisotopic (exact) mass is 632 g/mol. The summed E-state index contributed by atoms with van der Waals surface area (Å²) in [6.07, 6.45) is -6.55. The predicted octanol–water partition coefficient (Wildman–Crippen LogP) is 9.77. The van der Waals surface area contributed by atoms with E-state index in [1.165, 1.54) is 24.3 Å². The zero-order valence-electron chi connectivity index (χ0n) is 22.9. The van der Waals surface area contributed by atoms with Gasteiger partial charge in [0.25, 0.3) is 0 Å². The number of allylic oxidation sites excluding steroid dienone is 1. The number of nitrogens with one attached hydrogen (secondary N) is 1. The average Bonchev–Trinajstić information content (AvgIpc) is 3.35. The number of aromatic nitrogens is 1. The minimum atomic E-state index is -4.41. The van der Waals surface area contributed by atoms with Gasteiger partial charge in [0, 0.05) is 32.5 Å². The van der Waals surface area contributed by atoms with Crippen molar-refractivity contribution in [2.24, 2.45) is 0 Å². The average molecular weight is 633 g/mol. The number of hydrogen-bond donors (Lipinski definition) is 2. The van der Waals surface area contributed by atoms with Crippen LogP contribution in [0.5, 0.6) is 5.75 Å². The molecule has 2 heterocycles. The van der Waals surface area contributed by atoms with Gasteiger partial charge in [-0.25, -0.2) is 0 Å². The highest BCUT2D eigenvalue weighted by Gasteiger charge is 2.33. The Balaban J connectivity index is 1.38. The highest BCUT2D eigenvalue weighted by atomic mass is 32.2. The van der Waals surface area contributed by atoms with Crippen molar-refractivity contribution in [3.63, 3.8) is 0 Å². The molecule has 5 rings (SSSR count). The van der Waals surface area contributed by atoms with Crippen LogP contribution in [-0.4, -0.2) is 15.3 Å². The Bertz CT molecular complexity index is 1620. The zero-order valence-corrected chi connectivity index (χ0v) is 24.6. The fraction of sp³-hybridized carbons (Fsp3) is 0.219. The van der Waals surface area contributed by atoms with Crippen molar-refractivity contribution < 1.29 is 31.4 Å². The lowest BCUT2D eigenvalue weighted by molar-refractivity contribution is -0.138. The first-order valence-electron chi connectivity index (χ1n) is 13.2. The number of hydrogen-bond acceptors (Lipinski definition) is 5. The van der Waals surface area contributed by atoms with Crippen LogP contribution in [-0.2, 0) is 18.8 Å². The van der Waals surface area contributed by atoms with Gasteiger partial charge in [0.15, 0.2) is 0 Å². The molecule has 43 heavy (non-hydrogen) atoms. The summed E-state index contributed by atoms with van der Waals surface area (Å²) in [6.45, 7) is 3.75. The second-order valence-electron chi connectivity index (χ2n) is 10.1. The number of pyridine rings is 1. The van der Waals surface area contributed by atoms with Crippen LogP contribution in [0.3, 0.4) is 0 Å². The van der Waals surface area contributed by atoms with Crippen LogP contribution in [0.2, 0.25) is 0 Å². The van der Waals surface area contributed by atoms with Crippen molar-refractivity contribution in [1.82, 2.24) is 10.3 Å². The molecule has 3 nitrogen and oxygen atoms in total. The van der Waals surface area contributed by atoms with Crippen LogP contribution in [0.25, 0.3) is 11.3 Å². The van der Waals surface area contributed by atoms with Gasteiger partial charge in [0.2, 0.25) is 0 Å². The Hall–Kier alpha value is -3.57. The molecular formula is C32H26F6N2OS2. The standard InChI is InChI=1S/C32H26F6N2OS2/c1-18-15-25(12-14-27(18)41)42-28(29-19(2)40-30(43-29)22-6-10-24(11-7-22)32(36,37)38)16-20-3-13-26(39-17-20)21-4-8-23(9-5-21)31(33,34)35/h3-15,17,28,30,40-41H,16H2,1-2H3. The van der Waals surface area contributed by atoms with E-state index >= 15 is 0 Å². The minimum absolute atomic E-state index is 0.0976. The fourth-order valence-electron chi connectivity index (χ4n) is 4.64. The van der Waals surface area contributed by atoms with Crippen LogP contribution < -0.4 is 5.32 Å². The summed E-state index contributed by atoms with van der Waals surface area (Å²) in [6, 6.07) is 19.0. The summed E-state index contributed by atoms with van der Waals surface area (Å²) in [4.78, 5) is 6.48. The van der Waals surface area contributed by atoms with E-state index in [4.69, 9.17) is 0 Å². The molecule has 2 unspecified atom stereocenters. The molecule has 0 fully saturated rings. The van der Waals surface area contributed by atoms with Crippen LogP contribution in [0.1, 0.15) is 40.1 Å². The summed E-state index contributed by atoms with van der Waals surface area (Å²) in [5.74, 6) is 0.193. The Morgan fingerprint density at radius 3 is 2.05 bits per heavy atom. The number of rotatable bonds is 7. The lowest BCUT2D eigenvalue weighted by Gasteiger charge is -2.20. The maximum atomic E-state index is 13.1. The molecule has 224 valence electrons. The van der Waals surface area contributed by atoms with Gasteiger partial charge in [0.1, 0.15) is 11.1 Å². The maximum Gasteiger partial charge on any atom is 0.416 e. The van der Waals surface area contributed by atoms with E-state index in [9.17, 15) is 31.4 Å². The molecule has 1 aromatic heterocycles. The van der Waals surface area contributed by atoms with Gasteiger partial charge in [-0.05, 0) is 85.5 Å². The van der Waals surface area contributed by atoms with Gasteiger partial charge in [-0.15, -0.1) is 11.8 Å². The SMILES string of the molecule is CC1=C(C(Cc2ccc(-c3ccc(C(F)(F)F)cc3)nc2)Sc2ccc(O)c(C)c2)SC(c2ccc(C(F)(F)F)cc2)N1. The quantitative estimate of drug-likeness (QED) is 0.157. The van der Waals surface area contributed by atoms with Crippen molar-refractivity contribution in [2.75, 3.05) is 0 Å². The summed E-state index contributed by atoms with van der Waals surface area (Å²) in [5, 5.41) is 13.1. The molecule has 0 amide bonds. The molecule has 0 radical (unpaired) electrons. The molecule has 2 N–H and O–H groups in total. The van der Waals surface area contributed by atoms with Crippen molar-refractivity contribution in [3.05, 3.63) is 123 Å². The van der Waals surface area contributed by atoms with Crippen molar-refractivity contribution in [1.29, 1.82) is 0 Å². The van der Waals surface area contributed by atoms with Gasteiger partial charge < -0.3 is 10.4 Å². The molecule has 0 aliphatic carbocycles. The number of aromatic hydroxyl groups is 1. The van der Waals surface area contributed by atoms with Gasteiger partial charge in [-0.3, -0.25) is 4.98 Å². The van der Waals surface area contributed by atoms with Crippen molar-refractivity contribution >= 4 is 23.5 Å². The number of phenolic OH excluding ortho intramolecular Hbond substituents is 1. The number of halogens is 6. The molecule has 4 aromatic rings. The molecule has 1 aliphatic heterocycles. The Morgan fingerprint density at radius 1 is 0.860 bits per heavy atom. The maximum absolute atomic E-state index is 13.1. The summed E-state index contributed by atoms with van der Waals surface area (Å²) < 4.78 is 78.1. The lowest BCUT2D eigenvalue weighted by atomic mass is 10.1. The Kier molecular flexibility index (Phi) is 8.76. The molecule has 0 saturated heterocycles. The molecule has 0 spiro atoms. The Morgan fingerprint density at radius 2 is 1.49 bits per heavy atom. The second-order valence-corrected chi connectivity index (χ2v) is 12.6.